The molecule has 1 aliphatic rings. The quantitative estimate of drug-likeness (QED) is 0.123. The number of thiazole rings is 1. The largest absolute Gasteiger partial charge is 0.507 e. The van der Waals surface area contributed by atoms with Crippen LogP contribution in [-0.4, -0.2) is 45.9 Å². The molecule has 38 heavy (non-hydrogen) atoms. The molecular formula is C28H29N3O6S. The van der Waals surface area contributed by atoms with E-state index in [1.165, 1.54) is 17.3 Å². The highest BCUT2D eigenvalue weighted by molar-refractivity contribution is 7.17. The van der Waals surface area contributed by atoms with Crippen LogP contribution in [-0.2, 0) is 14.3 Å². The Bertz CT molecular complexity index is 1350. The van der Waals surface area contributed by atoms with Crippen LogP contribution in [0, 0.1) is 6.92 Å². The summed E-state index contributed by atoms with van der Waals surface area (Å²) < 4.78 is 10.9. The summed E-state index contributed by atoms with van der Waals surface area (Å²) in [4.78, 5) is 49.0. The number of pyridine rings is 1. The van der Waals surface area contributed by atoms with Crippen LogP contribution in [0.5, 0.6) is 5.75 Å². The number of anilines is 1. The number of carbonyl (C=O) groups excluding carboxylic acids is 3. The van der Waals surface area contributed by atoms with E-state index in [1.807, 2.05) is 0 Å². The van der Waals surface area contributed by atoms with Crippen molar-refractivity contribution in [1.29, 1.82) is 0 Å². The summed E-state index contributed by atoms with van der Waals surface area (Å²) in [6.07, 6.45) is 6.08. The number of aliphatic hydroxyl groups excluding tert-OH is 1. The Morgan fingerprint density at radius 1 is 1.08 bits per heavy atom. The summed E-state index contributed by atoms with van der Waals surface area (Å²) >= 11 is 0.966. The lowest BCUT2D eigenvalue weighted by Gasteiger charge is -2.23. The van der Waals surface area contributed by atoms with Crippen molar-refractivity contribution in [2.24, 2.45) is 0 Å². The van der Waals surface area contributed by atoms with Gasteiger partial charge in [0.1, 0.15) is 16.4 Å². The molecule has 1 saturated heterocycles. The minimum absolute atomic E-state index is 0.0802. The van der Waals surface area contributed by atoms with E-state index in [-0.39, 0.29) is 27.9 Å². The number of esters is 1. The van der Waals surface area contributed by atoms with Crippen molar-refractivity contribution in [2.75, 3.05) is 18.1 Å². The Kier molecular flexibility index (Phi) is 8.52. The van der Waals surface area contributed by atoms with Gasteiger partial charge in [-0.1, -0.05) is 43.2 Å². The SMILES string of the molecule is CCCCCOc1ccc(C2C(=C(O)c3ccncc3)C(=O)C(=O)N2c2nc(C)c(C(=O)OCC)s2)cc1. The lowest BCUT2D eigenvalue weighted by atomic mass is 9.95. The number of Topliss-reactive ketones (excluding diaryl/α,β-unsaturated/α-hetero) is 1. The summed E-state index contributed by atoms with van der Waals surface area (Å²) in [5, 5.41) is 11.3. The molecule has 1 fully saturated rings. The fourth-order valence-corrected chi connectivity index (χ4v) is 5.16. The predicted molar refractivity (Wildman–Crippen MR) is 143 cm³/mol. The van der Waals surface area contributed by atoms with Crippen LogP contribution >= 0.6 is 11.3 Å². The lowest BCUT2D eigenvalue weighted by molar-refractivity contribution is -0.132. The zero-order chi connectivity index (χ0) is 27.2. The molecule has 1 aromatic carbocycles. The predicted octanol–water partition coefficient (Wildman–Crippen LogP) is 5.22. The van der Waals surface area contributed by atoms with E-state index in [9.17, 15) is 19.5 Å². The van der Waals surface area contributed by atoms with Crippen LogP contribution in [0.15, 0.2) is 54.4 Å². The Hall–Kier alpha value is -4.05. The molecule has 198 valence electrons. The first-order chi connectivity index (χ1) is 18.4. The third kappa shape index (κ3) is 5.45. The fourth-order valence-electron chi connectivity index (χ4n) is 4.17. The number of aromatic nitrogens is 2. The fraction of sp³-hybridized carbons (Fsp3) is 0.321. The number of amides is 1. The zero-order valence-electron chi connectivity index (χ0n) is 21.5. The molecule has 9 nitrogen and oxygen atoms in total. The van der Waals surface area contributed by atoms with E-state index in [0.29, 0.717) is 29.2 Å². The number of rotatable bonds is 10. The summed E-state index contributed by atoms with van der Waals surface area (Å²) in [6, 6.07) is 9.18. The van der Waals surface area contributed by atoms with Gasteiger partial charge < -0.3 is 14.6 Å². The minimum Gasteiger partial charge on any atom is -0.507 e. The zero-order valence-corrected chi connectivity index (χ0v) is 22.3. The average Bonchev–Trinajstić information content (AvgIpc) is 3.43. The highest BCUT2D eigenvalue weighted by Gasteiger charge is 2.48. The van der Waals surface area contributed by atoms with Gasteiger partial charge in [-0.25, -0.2) is 9.78 Å². The standard InChI is InChI=1S/C28H29N3O6S/c1-4-6-7-16-37-20-10-8-18(9-11-20)22-21(23(32)19-12-14-29-15-13-19)24(33)26(34)31(22)28-30-17(3)25(38-28)27(35)36-5-2/h8-15,22,32H,4-7,16H2,1-3H3. The van der Waals surface area contributed by atoms with Crippen molar-refractivity contribution in [3.8, 4) is 5.75 Å². The van der Waals surface area contributed by atoms with Crippen LogP contribution in [0.25, 0.3) is 5.76 Å². The molecule has 1 unspecified atom stereocenters. The number of hydrogen-bond donors (Lipinski definition) is 1. The van der Waals surface area contributed by atoms with Gasteiger partial charge in [0.05, 0.1) is 30.5 Å². The third-order valence-electron chi connectivity index (χ3n) is 6.06. The van der Waals surface area contributed by atoms with Crippen LogP contribution in [0.2, 0.25) is 0 Å². The van der Waals surface area contributed by atoms with Gasteiger partial charge in [-0.05, 0) is 50.1 Å². The Balaban J connectivity index is 1.79. The highest BCUT2D eigenvalue weighted by atomic mass is 32.1. The van der Waals surface area contributed by atoms with Crippen LogP contribution < -0.4 is 9.64 Å². The lowest BCUT2D eigenvalue weighted by Crippen LogP contribution is -2.29. The maximum absolute atomic E-state index is 13.4. The van der Waals surface area contributed by atoms with Gasteiger partial charge in [-0.2, -0.15) is 0 Å². The van der Waals surface area contributed by atoms with Gasteiger partial charge in [-0.3, -0.25) is 19.5 Å². The maximum Gasteiger partial charge on any atom is 0.350 e. The monoisotopic (exact) mass is 535 g/mol. The first-order valence-corrected chi connectivity index (χ1v) is 13.3. The average molecular weight is 536 g/mol. The van der Waals surface area contributed by atoms with Crippen molar-refractivity contribution in [3.63, 3.8) is 0 Å². The van der Waals surface area contributed by atoms with Gasteiger partial charge in [0.2, 0.25) is 0 Å². The van der Waals surface area contributed by atoms with Crippen molar-refractivity contribution < 1.29 is 29.0 Å². The molecule has 10 heteroatoms. The van der Waals surface area contributed by atoms with E-state index in [0.717, 1.165) is 30.6 Å². The number of hydrogen-bond acceptors (Lipinski definition) is 9. The molecule has 4 rings (SSSR count). The van der Waals surface area contributed by atoms with Crippen LogP contribution in [0.4, 0.5) is 5.13 Å². The van der Waals surface area contributed by atoms with E-state index >= 15 is 0 Å². The Labute approximate surface area is 224 Å². The summed E-state index contributed by atoms with van der Waals surface area (Å²) in [5.41, 5.74) is 1.23. The van der Waals surface area contributed by atoms with Crippen LogP contribution in [0.3, 0.4) is 0 Å². The Morgan fingerprint density at radius 3 is 2.45 bits per heavy atom. The minimum atomic E-state index is -0.974. The second-order valence-corrected chi connectivity index (χ2v) is 9.64. The van der Waals surface area contributed by atoms with E-state index < -0.39 is 23.7 Å². The highest BCUT2D eigenvalue weighted by Crippen LogP contribution is 2.44. The van der Waals surface area contributed by atoms with Gasteiger partial charge in [0.15, 0.2) is 5.13 Å². The number of nitrogens with zero attached hydrogens (tertiary/aromatic N) is 3. The second kappa shape index (κ2) is 12.0. The van der Waals surface area contributed by atoms with Crippen molar-refractivity contribution >= 4 is 39.9 Å². The maximum atomic E-state index is 13.4. The summed E-state index contributed by atoms with van der Waals surface area (Å²) in [6.45, 7) is 6.23. The molecule has 3 heterocycles. The molecule has 1 atom stereocenters. The molecule has 3 aromatic rings. The topological polar surface area (TPSA) is 119 Å². The second-order valence-electron chi connectivity index (χ2n) is 8.66. The van der Waals surface area contributed by atoms with Gasteiger partial charge >= 0.3 is 11.9 Å². The van der Waals surface area contributed by atoms with E-state index in [4.69, 9.17) is 9.47 Å². The number of carbonyl (C=O) groups is 3. The Morgan fingerprint density at radius 2 is 1.79 bits per heavy atom. The normalized spacial score (nSPS) is 16.6. The number of aliphatic hydroxyl groups is 1. The van der Waals surface area contributed by atoms with Gasteiger partial charge in [0.25, 0.3) is 5.78 Å². The van der Waals surface area contributed by atoms with Gasteiger partial charge in [-0.15, -0.1) is 0 Å². The molecule has 0 spiro atoms. The summed E-state index contributed by atoms with van der Waals surface area (Å²) in [7, 11) is 0. The van der Waals surface area contributed by atoms with Crippen molar-refractivity contribution in [3.05, 3.63) is 76.1 Å². The number of ether oxygens (including phenoxy) is 2. The van der Waals surface area contributed by atoms with Crippen LogP contribution in [0.1, 0.15) is 65.6 Å². The molecule has 0 radical (unpaired) electrons. The smallest absolute Gasteiger partial charge is 0.350 e. The molecule has 0 aliphatic carbocycles. The molecule has 2 aromatic heterocycles. The van der Waals surface area contributed by atoms with E-state index in [2.05, 4.69) is 16.9 Å². The number of unbranched alkanes of at least 4 members (excludes halogenated alkanes) is 2. The molecule has 1 aliphatic heterocycles. The molecule has 1 N–H and O–H groups in total. The van der Waals surface area contributed by atoms with Gasteiger partial charge in [0, 0.05) is 18.0 Å². The number of benzene rings is 1. The van der Waals surface area contributed by atoms with E-state index in [1.54, 1.807) is 50.2 Å². The molecule has 0 bridgehead atoms. The van der Waals surface area contributed by atoms with Crippen molar-refractivity contribution in [1.82, 2.24) is 9.97 Å². The molecular weight excluding hydrogens is 506 g/mol. The first-order valence-electron chi connectivity index (χ1n) is 12.5. The number of ketones is 1. The number of aryl methyl sites for hydroxylation is 1. The molecule has 0 saturated carbocycles. The summed E-state index contributed by atoms with van der Waals surface area (Å²) in [5.74, 6) is -1.92. The van der Waals surface area contributed by atoms with Crippen molar-refractivity contribution in [2.45, 2.75) is 46.1 Å². The first kappa shape index (κ1) is 27.0. The third-order valence-corrected chi connectivity index (χ3v) is 7.20. The molecule has 1 amide bonds.